The lowest BCUT2D eigenvalue weighted by molar-refractivity contribution is 0.0921. The zero-order chi connectivity index (χ0) is 11.4. The van der Waals surface area contributed by atoms with Crippen LogP contribution < -0.4 is 0 Å². The molecule has 1 N–H and O–H groups in total. The van der Waals surface area contributed by atoms with Crippen molar-refractivity contribution in [2.45, 2.75) is 33.6 Å². The molecule has 2 nitrogen and oxygen atoms in total. The molecular formula is C13H18O2. The molecule has 82 valence electrons. The molecule has 1 atom stereocenters. The van der Waals surface area contributed by atoms with Crippen molar-refractivity contribution < 1.29 is 9.90 Å². The van der Waals surface area contributed by atoms with E-state index < -0.39 is 0 Å². The van der Waals surface area contributed by atoms with Crippen LogP contribution >= 0.6 is 0 Å². The topological polar surface area (TPSA) is 37.3 Å². The second kappa shape index (κ2) is 4.96. The van der Waals surface area contributed by atoms with Gasteiger partial charge < -0.3 is 5.11 Å². The van der Waals surface area contributed by atoms with E-state index >= 15 is 0 Å². The Hall–Kier alpha value is -1.31. The van der Waals surface area contributed by atoms with Gasteiger partial charge in [0, 0.05) is 5.92 Å². The third-order valence-corrected chi connectivity index (χ3v) is 2.59. The van der Waals surface area contributed by atoms with Crippen LogP contribution in [0.2, 0.25) is 0 Å². The van der Waals surface area contributed by atoms with Gasteiger partial charge in [-0.15, -0.1) is 0 Å². The number of phenols is 1. The quantitative estimate of drug-likeness (QED) is 0.767. The Balaban J connectivity index is 2.91. The van der Waals surface area contributed by atoms with E-state index in [1.807, 2.05) is 19.9 Å². The molecule has 0 fully saturated rings. The van der Waals surface area contributed by atoms with Crippen molar-refractivity contribution in [1.82, 2.24) is 0 Å². The van der Waals surface area contributed by atoms with Gasteiger partial charge in [0.25, 0.3) is 0 Å². The number of phenolic OH excluding ortho intramolecular Hbond substituents is 1. The number of aromatic hydroxyl groups is 1. The van der Waals surface area contributed by atoms with E-state index in [4.69, 9.17) is 0 Å². The van der Waals surface area contributed by atoms with Crippen LogP contribution in [0.4, 0.5) is 0 Å². The summed E-state index contributed by atoms with van der Waals surface area (Å²) >= 11 is 0. The number of hydrogen-bond donors (Lipinski definition) is 1. The minimum absolute atomic E-state index is 0.0105. The predicted molar refractivity (Wildman–Crippen MR) is 61.2 cm³/mol. The molecule has 0 spiro atoms. The van der Waals surface area contributed by atoms with Crippen LogP contribution in [0, 0.1) is 12.8 Å². The van der Waals surface area contributed by atoms with Crippen molar-refractivity contribution in [2.75, 3.05) is 0 Å². The molecule has 0 amide bonds. The molecule has 0 aliphatic carbocycles. The average Bonchev–Trinajstić information content (AvgIpc) is 2.17. The third-order valence-electron chi connectivity index (χ3n) is 2.59. The zero-order valence-corrected chi connectivity index (χ0v) is 9.58. The molecule has 0 aliphatic heterocycles. The molecular weight excluding hydrogens is 188 g/mol. The minimum atomic E-state index is -0.0105. The molecule has 0 aromatic heterocycles. The summed E-state index contributed by atoms with van der Waals surface area (Å²) in [6.45, 7) is 5.85. The third kappa shape index (κ3) is 2.82. The Morgan fingerprint density at radius 1 is 1.47 bits per heavy atom. The summed E-state index contributed by atoms with van der Waals surface area (Å²) in [6, 6.07) is 5.19. The summed E-state index contributed by atoms with van der Waals surface area (Å²) in [5, 5.41) is 9.66. The van der Waals surface area contributed by atoms with Crippen molar-refractivity contribution in [3.63, 3.8) is 0 Å². The number of aryl methyl sites for hydroxylation is 1. The molecule has 0 radical (unpaired) electrons. The van der Waals surface area contributed by atoms with Crippen LogP contribution in [0.1, 0.15) is 42.6 Å². The molecule has 2 heteroatoms. The summed E-state index contributed by atoms with van der Waals surface area (Å²) in [6.07, 6.45) is 1.85. The number of benzene rings is 1. The number of rotatable bonds is 4. The maximum atomic E-state index is 11.9. The first kappa shape index (κ1) is 11.8. The van der Waals surface area contributed by atoms with Gasteiger partial charge in [-0.05, 0) is 31.0 Å². The molecule has 0 bridgehead atoms. The fraction of sp³-hybridized carbons (Fsp3) is 0.462. The van der Waals surface area contributed by atoms with E-state index in [0.29, 0.717) is 5.56 Å². The largest absolute Gasteiger partial charge is 0.507 e. The number of ketones is 1. The summed E-state index contributed by atoms with van der Waals surface area (Å²) < 4.78 is 0. The van der Waals surface area contributed by atoms with Crippen molar-refractivity contribution in [2.24, 2.45) is 5.92 Å². The Kier molecular flexibility index (Phi) is 3.89. The van der Waals surface area contributed by atoms with E-state index in [2.05, 4.69) is 6.92 Å². The molecule has 0 saturated heterocycles. The lowest BCUT2D eigenvalue weighted by Gasteiger charge is -2.10. The van der Waals surface area contributed by atoms with Gasteiger partial charge in [-0.3, -0.25) is 4.79 Å². The van der Waals surface area contributed by atoms with Gasteiger partial charge in [-0.2, -0.15) is 0 Å². The van der Waals surface area contributed by atoms with Crippen molar-refractivity contribution >= 4 is 5.78 Å². The van der Waals surface area contributed by atoms with Crippen LogP contribution in [0.15, 0.2) is 18.2 Å². The maximum absolute atomic E-state index is 11.9. The average molecular weight is 206 g/mol. The van der Waals surface area contributed by atoms with E-state index in [1.54, 1.807) is 12.1 Å². The lowest BCUT2D eigenvalue weighted by Crippen LogP contribution is -2.11. The summed E-state index contributed by atoms with van der Waals surface area (Å²) in [7, 11) is 0. The highest BCUT2D eigenvalue weighted by Crippen LogP contribution is 2.23. The zero-order valence-electron chi connectivity index (χ0n) is 9.58. The second-order valence-electron chi connectivity index (χ2n) is 4.07. The monoisotopic (exact) mass is 206 g/mol. The fourth-order valence-electron chi connectivity index (χ4n) is 1.68. The lowest BCUT2D eigenvalue weighted by atomic mass is 9.94. The van der Waals surface area contributed by atoms with Gasteiger partial charge in [0.2, 0.25) is 0 Å². The van der Waals surface area contributed by atoms with E-state index in [9.17, 15) is 9.90 Å². The molecule has 1 aromatic rings. The first-order valence-electron chi connectivity index (χ1n) is 5.40. The van der Waals surface area contributed by atoms with Crippen LogP contribution in [0.3, 0.4) is 0 Å². The van der Waals surface area contributed by atoms with Crippen LogP contribution in [0.25, 0.3) is 0 Å². The number of carbonyl (C=O) groups excluding carboxylic acids is 1. The van der Waals surface area contributed by atoms with Gasteiger partial charge >= 0.3 is 0 Å². The highest BCUT2D eigenvalue weighted by molar-refractivity contribution is 6.00. The molecule has 0 saturated carbocycles. The second-order valence-corrected chi connectivity index (χ2v) is 4.07. The summed E-state index contributed by atoms with van der Waals surface area (Å²) in [5.41, 5.74) is 1.41. The Bertz CT molecular complexity index is 356. The molecule has 0 heterocycles. The minimum Gasteiger partial charge on any atom is -0.507 e. The molecule has 1 rings (SSSR count). The number of carbonyl (C=O) groups is 1. The van der Waals surface area contributed by atoms with Crippen molar-refractivity contribution in [1.29, 1.82) is 0 Å². The highest BCUT2D eigenvalue weighted by Gasteiger charge is 2.17. The van der Waals surface area contributed by atoms with Gasteiger partial charge in [0.05, 0.1) is 5.56 Å². The number of Topliss-reactive ketones (excluding diaryl/α,β-unsaturated/α-hetero) is 1. The molecule has 1 unspecified atom stereocenters. The first-order chi connectivity index (χ1) is 7.06. The summed E-state index contributed by atoms with van der Waals surface area (Å²) in [5.74, 6) is 0.126. The first-order valence-corrected chi connectivity index (χ1v) is 5.40. The van der Waals surface area contributed by atoms with E-state index in [1.165, 1.54) is 0 Å². The Morgan fingerprint density at radius 2 is 2.13 bits per heavy atom. The predicted octanol–water partition coefficient (Wildman–Crippen LogP) is 3.32. The molecule has 15 heavy (non-hydrogen) atoms. The van der Waals surface area contributed by atoms with Gasteiger partial charge in [-0.1, -0.05) is 26.3 Å². The van der Waals surface area contributed by atoms with Gasteiger partial charge in [0.1, 0.15) is 5.75 Å². The maximum Gasteiger partial charge on any atom is 0.169 e. The van der Waals surface area contributed by atoms with Gasteiger partial charge in [-0.25, -0.2) is 0 Å². The highest BCUT2D eigenvalue weighted by atomic mass is 16.3. The van der Waals surface area contributed by atoms with Crippen molar-refractivity contribution in [3.8, 4) is 5.75 Å². The standard InChI is InChI=1S/C13H18O2/c1-4-5-10(3)13(15)11-7-6-9(2)8-12(11)14/h6-8,10,14H,4-5H2,1-3H3. The molecule has 1 aromatic carbocycles. The van der Waals surface area contributed by atoms with Crippen LogP contribution in [0.5, 0.6) is 5.75 Å². The van der Waals surface area contributed by atoms with Crippen LogP contribution in [-0.4, -0.2) is 10.9 Å². The van der Waals surface area contributed by atoms with E-state index in [0.717, 1.165) is 18.4 Å². The van der Waals surface area contributed by atoms with Gasteiger partial charge in [0.15, 0.2) is 5.78 Å². The normalized spacial score (nSPS) is 12.5. The smallest absolute Gasteiger partial charge is 0.169 e. The summed E-state index contributed by atoms with van der Waals surface area (Å²) in [4.78, 5) is 11.9. The Morgan fingerprint density at radius 3 is 2.67 bits per heavy atom. The molecule has 0 aliphatic rings. The van der Waals surface area contributed by atoms with Crippen LogP contribution in [-0.2, 0) is 0 Å². The van der Waals surface area contributed by atoms with E-state index in [-0.39, 0.29) is 17.5 Å². The SMILES string of the molecule is CCCC(C)C(=O)c1ccc(C)cc1O. The Labute approximate surface area is 90.9 Å². The number of hydrogen-bond acceptors (Lipinski definition) is 2. The van der Waals surface area contributed by atoms with Crippen molar-refractivity contribution in [3.05, 3.63) is 29.3 Å². The fourth-order valence-corrected chi connectivity index (χ4v) is 1.68.